The summed E-state index contributed by atoms with van der Waals surface area (Å²) in [5.74, 6) is -0.859. The molecule has 26 heavy (non-hydrogen) atoms. The maximum Gasteiger partial charge on any atom is 0.408 e. The molecule has 0 aliphatic heterocycles. The minimum absolute atomic E-state index is 0.0594. The number of carbonyl (C=O) groups excluding carboxylic acids is 2. The van der Waals surface area contributed by atoms with Crippen molar-refractivity contribution in [2.45, 2.75) is 57.3 Å². The van der Waals surface area contributed by atoms with E-state index in [9.17, 15) is 18.0 Å². The van der Waals surface area contributed by atoms with Gasteiger partial charge in [-0.1, -0.05) is 17.7 Å². The van der Waals surface area contributed by atoms with Crippen LogP contribution >= 0.6 is 0 Å². The molecule has 0 fully saturated rings. The molecular weight excluding hydrogens is 362 g/mol. The van der Waals surface area contributed by atoms with Crippen LogP contribution in [0.3, 0.4) is 0 Å². The molecule has 0 saturated carbocycles. The molecule has 0 bridgehead atoms. The Morgan fingerprint density at radius 1 is 1.12 bits per heavy atom. The van der Waals surface area contributed by atoms with Gasteiger partial charge in [0, 0.05) is 0 Å². The molecule has 1 amide bonds. The molecule has 0 aromatic heterocycles. The third-order valence-electron chi connectivity index (χ3n) is 3.18. The molecule has 0 radical (unpaired) electrons. The number of hydrogen-bond donors (Lipinski definition) is 1. The van der Waals surface area contributed by atoms with Crippen molar-refractivity contribution in [1.82, 2.24) is 5.32 Å². The molecule has 8 nitrogen and oxygen atoms in total. The summed E-state index contributed by atoms with van der Waals surface area (Å²) in [5, 5.41) is 2.28. The van der Waals surface area contributed by atoms with Crippen molar-refractivity contribution in [2.24, 2.45) is 0 Å². The van der Waals surface area contributed by atoms with E-state index in [1.165, 1.54) is 19.1 Å². The highest BCUT2D eigenvalue weighted by Gasteiger charge is 2.34. The molecule has 1 aromatic rings. The second-order valence-corrected chi connectivity index (χ2v) is 8.29. The molecule has 9 heteroatoms. The maximum atomic E-state index is 12.4. The SMILES string of the molecule is COC(=O)[C@@H](NC(=O)OC(C)(C)C)[C@@H](C)OS(=O)(=O)c1ccc(C)cc1. The van der Waals surface area contributed by atoms with Gasteiger partial charge < -0.3 is 14.8 Å². The first-order chi connectivity index (χ1) is 11.9. The zero-order chi connectivity index (χ0) is 20.1. The number of rotatable bonds is 6. The summed E-state index contributed by atoms with van der Waals surface area (Å²) in [4.78, 5) is 23.8. The predicted molar refractivity (Wildman–Crippen MR) is 94.1 cm³/mol. The van der Waals surface area contributed by atoms with Gasteiger partial charge >= 0.3 is 12.1 Å². The quantitative estimate of drug-likeness (QED) is 0.588. The average molecular weight is 387 g/mol. The summed E-state index contributed by atoms with van der Waals surface area (Å²) in [6, 6.07) is 4.67. The van der Waals surface area contributed by atoms with Gasteiger partial charge in [-0.2, -0.15) is 8.42 Å². The van der Waals surface area contributed by atoms with E-state index in [-0.39, 0.29) is 4.90 Å². The van der Waals surface area contributed by atoms with Gasteiger partial charge in [0.2, 0.25) is 0 Å². The number of carbonyl (C=O) groups is 2. The molecule has 146 valence electrons. The summed E-state index contributed by atoms with van der Waals surface area (Å²) in [6.07, 6.45) is -2.11. The van der Waals surface area contributed by atoms with E-state index >= 15 is 0 Å². The molecule has 1 rings (SSSR count). The van der Waals surface area contributed by atoms with Crippen LogP contribution in [0.5, 0.6) is 0 Å². The zero-order valence-electron chi connectivity index (χ0n) is 15.7. The van der Waals surface area contributed by atoms with Crippen LogP contribution in [0.1, 0.15) is 33.3 Å². The third-order valence-corrected chi connectivity index (χ3v) is 4.59. The van der Waals surface area contributed by atoms with E-state index in [1.807, 2.05) is 6.92 Å². The summed E-state index contributed by atoms with van der Waals surface area (Å²) in [7, 11) is -3.02. The van der Waals surface area contributed by atoms with Crippen LogP contribution in [0.25, 0.3) is 0 Å². The van der Waals surface area contributed by atoms with Gasteiger partial charge in [0.1, 0.15) is 11.7 Å². The van der Waals surface area contributed by atoms with Gasteiger partial charge in [-0.25, -0.2) is 9.59 Å². The predicted octanol–water partition coefficient (Wildman–Crippen LogP) is 2.16. The highest BCUT2D eigenvalue weighted by molar-refractivity contribution is 7.86. The van der Waals surface area contributed by atoms with Crippen molar-refractivity contribution in [1.29, 1.82) is 0 Å². The molecule has 0 spiro atoms. The Morgan fingerprint density at radius 3 is 2.12 bits per heavy atom. The monoisotopic (exact) mass is 387 g/mol. The number of alkyl carbamates (subject to hydrolysis) is 1. The normalized spacial score (nSPS) is 14.2. The zero-order valence-corrected chi connectivity index (χ0v) is 16.5. The fourth-order valence-corrected chi connectivity index (χ4v) is 3.04. The van der Waals surface area contributed by atoms with Gasteiger partial charge in [-0.05, 0) is 46.8 Å². The number of benzene rings is 1. The highest BCUT2D eigenvalue weighted by Crippen LogP contribution is 2.17. The standard InChI is InChI=1S/C17H25NO7S/c1-11-7-9-13(10-8-11)26(21,22)25-12(2)14(15(19)23-6)18-16(20)24-17(3,4)5/h7-10,12,14H,1-6H3,(H,18,20)/t12-,14+/m1/s1. The number of amides is 1. The lowest BCUT2D eigenvalue weighted by Crippen LogP contribution is -2.51. The summed E-state index contributed by atoms with van der Waals surface area (Å²) < 4.78 is 39.5. The second kappa shape index (κ2) is 8.50. The van der Waals surface area contributed by atoms with Crippen LogP contribution in [0.2, 0.25) is 0 Å². The van der Waals surface area contributed by atoms with Gasteiger partial charge in [0.15, 0.2) is 6.04 Å². The molecular formula is C17H25NO7S. The summed E-state index contributed by atoms with van der Waals surface area (Å²) in [6.45, 7) is 8.12. The van der Waals surface area contributed by atoms with Gasteiger partial charge in [0.05, 0.1) is 12.0 Å². The summed E-state index contributed by atoms with van der Waals surface area (Å²) in [5.41, 5.74) is 0.0963. The lowest BCUT2D eigenvalue weighted by Gasteiger charge is -2.25. The van der Waals surface area contributed by atoms with Crippen molar-refractivity contribution in [3.05, 3.63) is 29.8 Å². The van der Waals surface area contributed by atoms with Crippen molar-refractivity contribution in [3.63, 3.8) is 0 Å². The van der Waals surface area contributed by atoms with Crippen molar-refractivity contribution >= 4 is 22.2 Å². The fourth-order valence-electron chi connectivity index (χ4n) is 1.95. The molecule has 0 saturated heterocycles. The Kier molecular flexibility index (Phi) is 7.16. The minimum atomic E-state index is -4.13. The Labute approximate surface area is 153 Å². The third kappa shape index (κ3) is 6.64. The molecule has 1 aromatic carbocycles. The van der Waals surface area contributed by atoms with Crippen LogP contribution in [0.4, 0.5) is 4.79 Å². The van der Waals surface area contributed by atoms with E-state index in [4.69, 9.17) is 8.92 Å². The smallest absolute Gasteiger partial charge is 0.408 e. The molecule has 0 aliphatic rings. The second-order valence-electron chi connectivity index (χ2n) is 6.72. The van der Waals surface area contributed by atoms with E-state index < -0.39 is 39.9 Å². The molecule has 0 unspecified atom stereocenters. The van der Waals surface area contributed by atoms with Crippen molar-refractivity contribution in [3.8, 4) is 0 Å². The number of nitrogens with one attached hydrogen (secondary N) is 1. The Bertz CT molecular complexity index is 735. The summed E-state index contributed by atoms with van der Waals surface area (Å²) >= 11 is 0. The maximum absolute atomic E-state index is 12.4. The average Bonchev–Trinajstić information content (AvgIpc) is 2.50. The Morgan fingerprint density at radius 2 is 1.65 bits per heavy atom. The van der Waals surface area contributed by atoms with Crippen LogP contribution in [-0.4, -0.2) is 45.3 Å². The van der Waals surface area contributed by atoms with Crippen molar-refractivity contribution in [2.75, 3.05) is 7.11 Å². The first kappa shape index (κ1) is 21.9. The topological polar surface area (TPSA) is 108 Å². The number of ether oxygens (including phenoxy) is 2. The number of esters is 1. The first-order valence-electron chi connectivity index (χ1n) is 7.93. The first-order valence-corrected chi connectivity index (χ1v) is 9.34. The number of aryl methyl sites for hydroxylation is 1. The van der Waals surface area contributed by atoms with Crippen LogP contribution < -0.4 is 5.32 Å². The molecule has 2 atom stereocenters. The van der Waals surface area contributed by atoms with Crippen LogP contribution in [0, 0.1) is 6.92 Å². The lowest BCUT2D eigenvalue weighted by atomic mass is 10.2. The fraction of sp³-hybridized carbons (Fsp3) is 0.529. The molecule has 1 N–H and O–H groups in total. The molecule has 0 heterocycles. The number of methoxy groups -OCH3 is 1. The van der Waals surface area contributed by atoms with E-state index in [1.54, 1.807) is 32.9 Å². The lowest BCUT2D eigenvalue weighted by molar-refractivity contribution is -0.145. The van der Waals surface area contributed by atoms with Crippen molar-refractivity contribution < 1.29 is 31.7 Å². The van der Waals surface area contributed by atoms with Gasteiger partial charge in [-0.3, -0.25) is 4.18 Å². The molecule has 0 aliphatic carbocycles. The highest BCUT2D eigenvalue weighted by atomic mass is 32.2. The van der Waals surface area contributed by atoms with Gasteiger partial charge in [-0.15, -0.1) is 0 Å². The van der Waals surface area contributed by atoms with E-state index in [2.05, 4.69) is 10.1 Å². The van der Waals surface area contributed by atoms with E-state index in [0.717, 1.165) is 12.7 Å². The van der Waals surface area contributed by atoms with E-state index in [0.29, 0.717) is 0 Å². The Hall–Kier alpha value is -2.13. The number of hydrogen-bond acceptors (Lipinski definition) is 7. The van der Waals surface area contributed by atoms with Crippen LogP contribution in [-0.2, 0) is 28.6 Å². The minimum Gasteiger partial charge on any atom is -0.467 e. The van der Waals surface area contributed by atoms with Crippen LogP contribution in [0.15, 0.2) is 29.2 Å². The Balaban J connectivity index is 2.95. The largest absolute Gasteiger partial charge is 0.467 e. The van der Waals surface area contributed by atoms with Gasteiger partial charge in [0.25, 0.3) is 10.1 Å².